The van der Waals surface area contributed by atoms with Crippen molar-refractivity contribution in [1.29, 1.82) is 0 Å². The first kappa shape index (κ1) is 14.7. The number of hydrogen-bond acceptors (Lipinski definition) is 2. The summed E-state index contributed by atoms with van der Waals surface area (Å²) in [6.07, 6.45) is 4.41. The zero-order chi connectivity index (χ0) is 13.7. The molecule has 1 saturated heterocycles. The van der Waals surface area contributed by atoms with Crippen LogP contribution in [0.2, 0.25) is 5.02 Å². The first-order valence-corrected chi connectivity index (χ1v) is 8.17. The SMILES string of the molecule is CC[C@H](Sc1ccc(Cl)cc1)C(=O)N1CCCCC1. The number of piperidine rings is 1. The number of amides is 1. The summed E-state index contributed by atoms with van der Waals surface area (Å²) >= 11 is 7.53. The Morgan fingerprint density at radius 1 is 1.26 bits per heavy atom. The third-order valence-electron chi connectivity index (χ3n) is 3.41. The molecule has 1 amide bonds. The number of halogens is 1. The number of carbonyl (C=O) groups excluding carboxylic acids is 1. The van der Waals surface area contributed by atoms with E-state index in [-0.39, 0.29) is 5.25 Å². The summed E-state index contributed by atoms with van der Waals surface area (Å²) in [4.78, 5) is 15.6. The molecule has 1 aliphatic rings. The summed E-state index contributed by atoms with van der Waals surface area (Å²) in [6.45, 7) is 3.93. The number of likely N-dealkylation sites (tertiary alicyclic amines) is 1. The first-order valence-electron chi connectivity index (χ1n) is 6.91. The molecule has 1 atom stereocenters. The molecule has 0 spiro atoms. The van der Waals surface area contributed by atoms with Gasteiger partial charge in [0.2, 0.25) is 5.91 Å². The van der Waals surface area contributed by atoms with Gasteiger partial charge in [-0.25, -0.2) is 0 Å². The number of nitrogens with zero attached hydrogens (tertiary/aromatic N) is 1. The lowest BCUT2D eigenvalue weighted by Gasteiger charge is -2.29. The van der Waals surface area contributed by atoms with E-state index in [2.05, 4.69) is 6.92 Å². The Balaban J connectivity index is 1.98. The molecule has 0 unspecified atom stereocenters. The van der Waals surface area contributed by atoms with Crippen LogP contribution < -0.4 is 0 Å². The molecule has 104 valence electrons. The molecule has 2 nitrogen and oxygen atoms in total. The Hall–Kier alpha value is -0.670. The Morgan fingerprint density at radius 3 is 2.47 bits per heavy atom. The minimum Gasteiger partial charge on any atom is -0.342 e. The van der Waals surface area contributed by atoms with Crippen molar-refractivity contribution in [1.82, 2.24) is 4.90 Å². The third-order valence-corrected chi connectivity index (χ3v) is 5.02. The van der Waals surface area contributed by atoms with Gasteiger partial charge in [0.25, 0.3) is 0 Å². The van der Waals surface area contributed by atoms with Gasteiger partial charge in [-0.3, -0.25) is 4.79 Å². The van der Waals surface area contributed by atoms with Crippen LogP contribution in [0.15, 0.2) is 29.2 Å². The summed E-state index contributed by atoms with van der Waals surface area (Å²) < 4.78 is 0. The first-order chi connectivity index (χ1) is 9.20. The standard InChI is InChI=1S/C15H20ClNOS/c1-2-14(15(18)17-10-4-3-5-11-17)19-13-8-6-12(16)7-9-13/h6-9,14H,2-5,10-11H2,1H3/t14-/m0/s1. The average Bonchev–Trinajstić information content (AvgIpc) is 2.47. The highest BCUT2D eigenvalue weighted by atomic mass is 35.5. The lowest BCUT2D eigenvalue weighted by molar-refractivity contribution is -0.131. The van der Waals surface area contributed by atoms with Gasteiger partial charge in [0.05, 0.1) is 5.25 Å². The van der Waals surface area contributed by atoms with Gasteiger partial charge in [-0.15, -0.1) is 11.8 Å². The molecule has 0 N–H and O–H groups in total. The maximum Gasteiger partial charge on any atom is 0.236 e. The molecule has 0 bridgehead atoms. The third kappa shape index (κ3) is 4.15. The number of benzene rings is 1. The minimum absolute atomic E-state index is 0.0271. The summed E-state index contributed by atoms with van der Waals surface area (Å²) in [5, 5.41) is 0.763. The second kappa shape index (κ2) is 7.20. The highest BCUT2D eigenvalue weighted by Gasteiger charge is 2.24. The van der Waals surface area contributed by atoms with Crippen LogP contribution in [0.4, 0.5) is 0 Å². The van der Waals surface area contributed by atoms with Crippen molar-refractivity contribution in [2.24, 2.45) is 0 Å². The maximum atomic E-state index is 12.5. The van der Waals surface area contributed by atoms with Crippen LogP contribution in [0.1, 0.15) is 32.6 Å². The highest BCUT2D eigenvalue weighted by Crippen LogP contribution is 2.28. The molecule has 1 fully saturated rings. The average molecular weight is 298 g/mol. The van der Waals surface area contributed by atoms with Gasteiger partial charge in [-0.2, -0.15) is 0 Å². The second-order valence-corrected chi connectivity index (χ2v) is 6.57. The van der Waals surface area contributed by atoms with E-state index in [9.17, 15) is 4.79 Å². The van der Waals surface area contributed by atoms with Crippen LogP contribution >= 0.6 is 23.4 Å². The van der Waals surface area contributed by atoms with E-state index in [1.807, 2.05) is 29.2 Å². The van der Waals surface area contributed by atoms with Crippen molar-refractivity contribution in [3.63, 3.8) is 0 Å². The Bertz CT molecular complexity index is 415. The number of rotatable bonds is 4. The predicted molar refractivity (Wildman–Crippen MR) is 81.8 cm³/mol. The van der Waals surface area contributed by atoms with E-state index >= 15 is 0 Å². The Morgan fingerprint density at radius 2 is 1.89 bits per heavy atom. The quantitative estimate of drug-likeness (QED) is 0.775. The van der Waals surface area contributed by atoms with Crippen molar-refractivity contribution in [2.75, 3.05) is 13.1 Å². The lowest BCUT2D eigenvalue weighted by Crippen LogP contribution is -2.40. The monoisotopic (exact) mass is 297 g/mol. The summed E-state index contributed by atoms with van der Waals surface area (Å²) in [5.41, 5.74) is 0. The summed E-state index contributed by atoms with van der Waals surface area (Å²) in [5.74, 6) is 0.294. The predicted octanol–water partition coefficient (Wildman–Crippen LogP) is 4.22. The molecule has 0 saturated carbocycles. The van der Waals surface area contributed by atoms with Crippen molar-refractivity contribution < 1.29 is 4.79 Å². The van der Waals surface area contributed by atoms with E-state index < -0.39 is 0 Å². The Kier molecular flexibility index (Phi) is 5.59. The van der Waals surface area contributed by atoms with Crippen molar-refractivity contribution in [2.45, 2.75) is 42.8 Å². The zero-order valence-corrected chi connectivity index (χ0v) is 12.8. The van der Waals surface area contributed by atoms with Gasteiger partial charge in [0.15, 0.2) is 0 Å². The normalized spacial score (nSPS) is 17.3. The van der Waals surface area contributed by atoms with Crippen LogP contribution in [-0.2, 0) is 4.79 Å². The molecule has 1 aliphatic heterocycles. The molecule has 0 aliphatic carbocycles. The maximum absolute atomic E-state index is 12.5. The topological polar surface area (TPSA) is 20.3 Å². The number of thioether (sulfide) groups is 1. The molecule has 1 aromatic rings. The van der Waals surface area contributed by atoms with Crippen LogP contribution in [0.25, 0.3) is 0 Å². The molecule has 0 radical (unpaired) electrons. The zero-order valence-electron chi connectivity index (χ0n) is 11.3. The molecule has 0 aromatic heterocycles. The molecule has 1 aromatic carbocycles. The summed E-state index contributed by atoms with van der Waals surface area (Å²) in [7, 11) is 0. The smallest absolute Gasteiger partial charge is 0.236 e. The molecule has 1 heterocycles. The molecular weight excluding hydrogens is 278 g/mol. The molecule has 4 heteroatoms. The van der Waals surface area contributed by atoms with E-state index in [0.717, 1.165) is 42.3 Å². The molecule has 2 rings (SSSR count). The number of carbonyl (C=O) groups is 1. The summed E-state index contributed by atoms with van der Waals surface area (Å²) in [6, 6.07) is 7.72. The van der Waals surface area contributed by atoms with Gasteiger partial charge in [-0.1, -0.05) is 18.5 Å². The van der Waals surface area contributed by atoms with Gasteiger partial charge in [0.1, 0.15) is 0 Å². The van der Waals surface area contributed by atoms with Gasteiger partial charge >= 0.3 is 0 Å². The van der Waals surface area contributed by atoms with Crippen LogP contribution in [0.3, 0.4) is 0 Å². The number of hydrogen-bond donors (Lipinski definition) is 0. The molecular formula is C15H20ClNOS. The van der Waals surface area contributed by atoms with E-state index in [4.69, 9.17) is 11.6 Å². The van der Waals surface area contributed by atoms with Gasteiger partial charge < -0.3 is 4.90 Å². The second-order valence-electron chi connectivity index (χ2n) is 4.85. The van der Waals surface area contributed by atoms with Crippen molar-refractivity contribution in [3.8, 4) is 0 Å². The largest absolute Gasteiger partial charge is 0.342 e. The van der Waals surface area contributed by atoms with Crippen molar-refractivity contribution >= 4 is 29.3 Å². The van der Waals surface area contributed by atoms with Crippen LogP contribution in [-0.4, -0.2) is 29.1 Å². The van der Waals surface area contributed by atoms with Crippen LogP contribution in [0, 0.1) is 0 Å². The van der Waals surface area contributed by atoms with Gasteiger partial charge in [-0.05, 0) is 49.9 Å². The van der Waals surface area contributed by atoms with E-state index in [1.165, 1.54) is 6.42 Å². The fraction of sp³-hybridized carbons (Fsp3) is 0.533. The molecule has 19 heavy (non-hydrogen) atoms. The van der Waals surface area contributed by atoms with E-state index in [1.54, 1.807) is 11.8 Å². The van der Waals surface area contributed by atoms with Crippen LogP contribution in [0.5, 0.6) is 0 Å². The fourth-order valence-corrected chi connectivity index (χ4v) is 3.47. The van der Waals surface area contributed by atoms with E-state index in [0.29, 0.717) is 5.91 Å². The van der Waals surface area contributed by atoms with Gasteiger partial charge in [0, 0.05) is 23.0 Å². The Labute approximate surface area is 124 Å². The lowest BCUT2D eigenvalue weighted by atomic mass is 10.1. The fourth-order valence-electron chi connectivity index (χ4n) is 2.30. The highest BCUT2D eigenvalue weighted by molar-refractivity contribution is 8.00. The minimum atomic E-state index is 0.0271. The van der Waals surface area contributed by atoms with Crippen molar-refractivity contribution in [3.05, 3.63) is 29.3 Å².